The summed E-state index contributed by atoms with van der Waals surface area (Å²) in [6, 6.07) is 10.0. The Balaban J connectivity index is 1.03. The van der Waals surface area contributed by atoms with E-state index >= 15 is 0 Å². The van der Waals surface area contributed by atoms with Gasteiger partial charge in [-0.05, 0) is 68.9 Å². The number of piperidine rings is 1. The smallest absolute Gasteiger partial charge is 0.262 e. The van der Waals surface area contributed by atoms with Gasteiger partial charge < -0.3 is 20.0 Å². The van der Waals surface area contributed by atoms with Crippen LogP contribution in [0.4, 0.5) is 5.13 Å². The highest BCUT2D eigenvalue weighted by molar-refractivity contribution is 8.00. The van der Waals surface area contributed by atoms with Gasteiger partial charge in [-0.2, -0.15) is 5.26 Å². The van der Waals surface area contributed by atoms with Gasteiger partial charge in [0.05, 0.1) is 38.4 Å². The first kappa shape index (κ1) is 40.5. The molecule has 0 saturated carbocycles. The van der Waals surface area contributed by atoms with E-state index in [-0.39, 0.29) is 38.9 Å². The third-order valence-electron chi connectivity index (χ3n) is 9.05. The van der Waals surface area contributed by atoms with Gasteiger partial charge >= 0.3 is 0 Å². The number of anilines is 1. The fourth-order valence-corrected chi connectivity index (χ4v) is 8.19. The Morgan fingerprint density at radius 2 is 1.83 bits per heavy atom. The molecule has 1 aromatic carbocycles. The molecule has 1 fully saturated rings. The normalized spacial score (nSPS) is 14.8. The van der Waals surface area contributed by atoms with Gasteiger partial charge in [-0.25, -0.2) is 9.97 Å². The number of aryl methyl sites for hydroxylation is 1. The van der Waals surface area contributed by atoms with Gasteiger partial charge in [-0.1, -0.05) is 92.9 Å². The number of rotatable bonds is 15. The number of aromatic nitrogens is 3. The second-order valence-electron chi connectivity index (χ2n) is 14.1. The fourth-order valence-electron chi connectivity index (χ4n) is 5.99. The molecule has 2 amide bonds. The minimum absolute atomic E-state index is 0.0236. The van der Waals surface area contributed by atoms with Gasteiger partial charge in [-0.15, -0.1) is 11.8 Å². The molecular weight excluding hydrogens is 750 g/mol. The third kappa shape index (κ3) is 11.6. The van der Waals surface area contributed by atoms with Crippen molar-refractivity contribution in [2.24, 2.45) is 5.92 Å². The van der Waals surface area contributed by atoms with E-state index in [2.05, 4.69) is 82.4 Å². The SMILES string of the molecule is CCCC(NC(=O)/C(C#N)=C/c1c(Cl)cncc1Cl)c1ccc(CCCN2CCC(C(=O)Nc3ncc(SCc4ncc(C(C)(C)C)o4)s3)CC2)cc1. The summed E-state index contributed by atoms with van der Waals surface area (Å²) in [5.74, 6) is 1.69. The molecule has 1 atom stereocenters. The number of amides is 2. The van der Waals surface area contributed by atoms with Crippen molar-refractivity contribution in [2.45, 2.75) is 87.6 Å². The van der Waals surface area contributed by atoms with E-state index in [0.717, 1.165) is 73.7 Å². The molecule has 280 valence electrons. The fraction of sp³-hybridized carbons (Fsp3) is 0.436. The first-order chi connectivity index (χ1) is 25.4. The highest BCUT2D eigenvalue weighted by atomic mass is 35.5. The van der Waals surface area contributed by atoms with Gasteiger partial charge in [0, 0.05) is 29.3 Å². The molecule has 0 aliphatic carbocycles. The monoisotopic (exact) mass is 793 g/mol. The van der Waals surface area contributed by atoms with Crippen LogP contribution in [-0.2, 0) is 27.2 Å². The molecular formula is C39H45Cl2N7O3S2. The molecule has 0 spiro atoms. The molecule has 14 heteroatoms. The van der Waals surface area contributed by atoms with E-state index in [9.17, 15) is 14.9 Å². The van der Waals surface area contributed by atoms with Crippen molar-refractivity contribution in [3.63, 3.8) is 0 Å². The number of hydrogen-bond acceptors (Lipinski definition) is 10. The molecule has 0 bridgehead atoms. The quantitative estimate of drug-likeness (QED) is 0.0686. The number of thiazole rings is 1. The number of carbonyl (C=O) groups excluding carboxylic acids is 2. The van der Waals surface area contributed by atoms with Crippen molar-refractivity contribution in [3.05, 3.63) is 93.0 Å². The Bertz CT molecular complexity index is 1900. The lowest BCUT2D eigenvalue weighted by Crippen LogP contribution is -2.38. The first-order valence-corrected chi connectivity index (χ1v) is 20.4. The van der Waals surface area contributed by atoms with Crippen molar-refractivity contribution in [3.8, 4) is 6.07 Å². The highest BCUT2D eigenvalue weighted by Gasteiger charge is 2.26. The van der Waals surface area contributed by atoms with Gasteiger partial charge in [-0.3, -0.25) is 14.6 Å². The van der Waals surface area contributed by atoms with E-state index in [0.29, 0.717) is 22.3 Å². The predicted octanol–water partition coefficient (Wildman–Crippen LogP) is 9.27. The summed E-state index contributed by atoms with van der Waals surface area (Å²) in [7, 11) is 0. The zero-order valence-corrected chi connectivity index (χ0v) is 33.6. The number of benzene rings is 1. The number of nitriles is 1. The third-order valence-corrected chi connectivity index (χ3v) is 11.7. The summed E-state index contributed by atoms with van der Waals surface area (Å²) < 4.78 is 6.89. The number of thioether (sulfide) groups is 1. The highest BCUT2D eigenvalue weighted by Crippen LogP contribution is 2.33. The van der Waals surface area contributed by atoms with Crippen LogP contribution in [0.25, 0.3) is 6.08 Å². The zero-order valence-electron chi connectivity index (χ0n) is 30.5. The van der Waals surface area contributed by atoms with Gasteiger partial charge in [0.1, 0.15) is 17.4 Å². The van der Waals surface area contributed by atoms with Crippen molar-refractivity contribution in [1.82, 2.24) is 25.2 Å². The Labute approximate surface area is 329 Å². The van der Waals surface area contributed by atoms with Crippen LogP contribution in [0, 0.1) is 17.2 Å². The Kier molecular flexibility index (Phi) is 14.5. The van der Waals surface area contributed by atoms with Crippen molar-refractivity contribution >= 4 is 69.3 Å². The summed E-state index contributed by atoms with van der Waals surface area (Å²) in [6.45, 7) is 11.1. The van der Waals surface area contributed by atoms with E-state index in [4.69, 9.17) is 27.6 Å². The molecule has 4 heterocycles. The van der Waals surface area contributed by atoms with Crippen molar-refractivity contribution in [2.75, 3.05) is 25.0 Å². The van der Waals surface area contributed by atoms with Gasteiger partial charge in [0.25, 0.3) is 5.91 Å². The van der Waals surface area contributed by atoms with Crippen LogP contribution >= 0.6 is 46.3 Å². The Morgan fingerprint density at radius 3 is 2.47 bits per heavy atom. The Morgan fingerprint density at radius 1 is 1.11 bits per heavy atom. The predicted molar refractivity (Wildman–Crippen MR) is 213 cm³/mol. The van der Waals surface area contributed by atoms with E-state index < -0.39 is 5.91 Å². The van der Waals surface area contributed by atoms with Crippen LogP contribution in [0.5, 0.6) is 0 Å². The second-order valence-corrected chi connectivity index (χ2v) is 17.2. The number of oxazole rings is 1. The topological polar surface area (TPSA) is 137 Å². The van der Waals surface area contributed by atoms with Crippen LogP contribution < -0.4 is 10.6 Å². The number of halogens is 2. The van der Waals surface area contributed by atoms with Crippen molar-refractivity contribution in [1.29, 1.82) is 5.26 Å². The summed E-state index contributed by atoms with van der Waals surface area (Å²) in [5.41, 5.74) is 2.42. The molecule has 1 unspecified atom stereocenters. The van der Waals surface area contributed by atoms with Gasteiger partial charge in [0.15, 0.2) is 5.13 Å². The molecule has 0 radical (unpaired) electrons. The first-order valence-electron chi connectivity index (χ1n) is 17.8. The lowest BCUT2D eigenvalue weighted by atomic mass is 9.94. The summed E-state index contributed by atoms with van der Waals surface area (Å²) in [6.07, 6.45) is 13.0. The standard InChI is InChI=1S/C39H45Cl2N7O3S2/c1-5-7-32(46-37(50)28(19-42)18-29-30(40)20-43-21-31(29)41)26-11-9-25(10-12-26)8-6-15-48-16-13-27(14-17-48)36(49)47-38-45-23-35(53-38)52-24-34-44-22-33(51-34)39(2,3)4/h9-12,18,20-23,27,32H,5-8,13-17,24H2,1-4H3,(H,46,50)(H,45,47,49)/b28-18+. The van der Waals surface area contributed by atoms with Crippen LogP contribution in [-0.4, -0.2) is 51.3 Å². The molecule has 10 nitrogen and oxygen atoms in total. The minimum atomic E-state index is -0.485. The number of carbonyl (C=O) groups is 2. The summed E-state index contributed by atoms with van der Waals surface area (Å²) in [5, 5.41) is 16.9. The maximum absolute atomic E-state index is 13.1. The molecule has 1 aliphatic rings. The largest absolute Gasteiger partial charge is 0.444 e. The maximum Gasteiger partial charge on any atom is 0.262 e. The Hall–Kier alpha value is -3.73. The van der Waals surface area contributed by atoms with E-state index in [1.54, 1.807) is 24.2 Å². The molecule has 3 aromatic heterocycles. The average molecular weight is 795 g/mol. The number of likely N-dealkylation sites (tertiary alicyclic amines) is 1. The van der Waals surface area contributed by atoms with Crippen LogP contribution in [0.15, 0.2) is 63.3 Å². The van der Waals surface area contributed by atoms with Crippen LogP contribution in [0.2, 0.25) is 10.0 Å². The van der Waals surface area contributed by atoms with Crippen LogP contribution in [0.1, 0.15) is 94.2 Å². The van der Waals surface area contributed by atoms with Gasteiger partial charge in [0.2, 0.25) is 11.8 Å². The molecule has 4 aromatic rings. The number of hydrogen-bond donors (Lipinski definition) is 2. The lowest BCUT2D eigenvalue weighted by Gasteiger charge is -2.31. The molecule has 53 heavy (non-hydrogen) atoms. The maximum atomic E-state index is 13.1. The van der Waals surface area contributed by atoms with E-state index in [1.165, 1.54) is 35.4 Å². The van der Waals surface area contributed by atoms with Crippen molar-refractivity contribution < 1.29 is 14.0 Å². The molecule has 1 saturated heterocycles. The lowest BCUT2D eigenvalue weighted by molar-refractivity contribution is -0.121. The number of nitrogens with zero attached hydrogens (tertiary/aromatic N) is 5. The molecule has 2 N–H and O–H groups in total. The number of nitrogens with one attached hydrogen (secondary N) is 2. The summed E-state index contributed by atoms with van der Waals surface area (Å²) in [4.78, 5) is 41.3. The van der Waals surface area contributed by atoms with E-state index in [1.807, 2.05) is 6.07 Å². The zero-order chi connectivity index (χ0) is 38.0. The molecule has 5 rings (SSSR count). The average Bonchev–Trinajstić information content (AvgIpc) is 3.81. The van der Waals surface area contributed by atoms with Crippen LogP contribution in [0.3, 0.4) is 0 Å². The molecule has 1 aliphatic heterocycles. The second kappa shape index (κ2) is 19.0. The number of pyridine rings is 1. The minimum Gasteiger partial charge on any atom is -0.444 e. The summed E-state index contributed by atoms with van der Waals surface area (Å²) >= 11 is 15.5.